The molecule has 3 aromatic rings. The first kappa shape index (κ1) is 18.6. The number of carbonyl (C=O) groups is 1. The number of aromatic amines is 1. The van der Waals surface area contributed by atoms with Crippen LogP contribution < -0.4 is 0 Å². The molecule has 3 heterocycles. The molecule has 2 aromatic heterocycles. The van der Waals surface area contributed by atoms with Gasteiger partial charge < -0.3 is 0 Å². The lowest BCUT2D eigenvalue weighted by atomic mass is 9.90. The van der Waals surface area contributed by atoms with E-state index < -0.39 is 0 Å². The Labute approximate surface area is 165 Å². The second-order valence-corrected chi connectivity index (χ2v) is 7.76. The van der Waals surface area contributed by atoms with Crippen molar-refractivity contribution in [3.8, 4) is 5.95 Å². The number of aryl methyl sites for hydroxylation is 1. The largest absolute Gasteiger partial charge is 0.296 e. The SMILES string of the molecule is Cc1cc(C(=O)CN2CCC(Cc3ccccc3)CC2)c(C)n1-c1ncn[nH]1. The number of ketones is 1. The number of nitrogens with one attached hydrogen (secondary N) is 1. The molecule has 0 radical (unpaired) electrons. The maximum absolute atomic E-state index is 12.9. The van der Waals surface area contributed by atoms with Crippen molar-refractivity contribution in [2.45, 2.75) is 33.1 Å². The van der Waals surface area contributed by atoms with E-state index in [0.29, 0.717) is 18.4 Å². The first-order chi connectivity index (χ1) is 13.6. The lowest BCUT2D eigenvalue weighted by Crippen LogP contribution is -2.38. The second-order valence-electron chi connectivity index (χ2n) is 7.76. The molecule has 1 aliphatic rings. The van der Waals surface area contributed by atoms with E-state index in [2.05, 4.69) is 50.4 Å². The molecule has 1 N–H and O–H groups in total. The highest BCUT2D eigenvalue weighted by Crippen LogP contribution is 2.23. The number of benzene rings is 1. The summed E-state index contributed by atoms with van der Waals surface area (Å²) in [4.78, 5) is 19.4. The zero-order valence-corrected chi connectivity index (χ0v) is 16.6. The molecule has 0 spiro atoms. The highest BCUT2D eigenvalue weighted by atomic mass is 16.1. The number of hydrogen-bond acceptors (Lipinski definition) is 4. The summed E-state index contributed by atoms with van der Waals surface area (Å²) in [6.45, 7) is 6.42. The van der Waals surface area contributed by atoms with Crippen LogP contribution in [0.15, 0.2) is 42.7 Å². The summed E-state index contributed by atoms with van der Waals surface area (Å²) in [6.07, 6.45) is 4.93. The van der Waals surface area contributed by atoms with Gasteiger partial charge in [0.15, 0.2) is 5.78 Å². The van der Waals surface area contributed by atoms with Gasteiger partial charge in [0.05, 0.1) is 6.54 Å². The Morgan fingerprint density at radius 2 is 1.93 bits per heavy atom. The van der Waals surface area contributed by atoms with Crippen LogP contribution in [0, 0.1) is 19.8 Å². The summed E-state index contributed by atoms with van der Waals surface area (Å²) < 4.78 is 1.95. The van der Waals surface area contributed by atoms with Crippen LogP contribution in [0.5, 0.6) is 0 Å². The molecule has 1 aromatic carbocycles. The Balaban J connectivity index is 1.36. The molecule has 0 saturated carbocycles. The molecular weight excluding hydrogens is 350 g/mol. The van der Waals surface area contributed by atoms with Crippen molar-refractivity contribution in [1.29, 1.82) is 0 Å². The van der Waals surface area contributed by atoms with Crippen LogP contribution in [0.4, 0.5) is 0 Å². The fraction of sp³-hybridized carbons (Fsp3) is 0.409. The number of nitrogens with zero attached hydrogens (tertiary/aromatic N) is 4. The first-order valence-electron chi connectivity index (χ1n) is 9.96. The second kappa shape index (κ2) is 8.10. The predicted molar refractivity (Wildman–Crippen MR) is 109 cm³/mol. The van der Waals surface area contributed by atoms with Gasteiger partial charge in [-0.1, -0.05) is 30.3 Å². The highest BCUT2D eigenvalue weighted by Gasteiger charge is 2.24. The number of piperidine rings is 1. The Bertz CT molecular complexity index is 922. The van der Waals surface area contributed by atoms with Gasteiger partial charge in [0.25, 0.3) is 0 Å². The normalized spacial score (nSPS) is 15.8. The van der Waals surface area contributed by atoms with Gasteiger partial charge in [0.2, 0.25) is 5.95 Å². The van der Waals surface area contributed by atoms with E-state index in [1.165, 1.54) is 11.9 Å². The van der Waals surface area contributed by atoms with Crippen molar-refractivity contribution in [1.82, 2.24) is 24.6 Å². The van der Waals surface area contributed by atoms with E-state index >= 15 is 0 Å². The molecule has 146 valence electrons. The van der Waals surface area contributed by atoms with Gasteiger partial charge in [-0.05, 0) is 63.7 Å². The molecule has 0 atom stereocenters. The smallest absolute Gasteiger partial charge is 0.229 e. The first-order valence-corrected chi connectivity index (χ1v) is 9.96. The summed E-state index contributed by atoms with van der Waals surface area (Å²) in [7, 11) is 0. The molecule has 0 bridgehead atoms. The average Bonchev–Trinajstić information content (AvgIpc) is 3.32. The Kier molecular flexibility index (Phi) is 5.39. The minimum atomic E-state index is 0.181. The van der Waals surface area contributed by atoms with Gasteiger partial charge in [-0.2, -0.15) is 10.1 Å². The molecule has 0 aliphatic carbocycles. The molecule has 28 heavy (non-hydrogen) atoms. The molecule has 1 saturated heterocycles. The standard InChI is InChI=1S/C22H27N5O/c1-16-12-20(17(2)27(16)22-23-15-24-25-22)21(28)14-26-10-8-19(9-11-26)13-18-6-4-3-5-7-18/h3-7,12,15,19H,8-11,13-14H2,1-2H3,(H,23,24,25). The maximum Gasteiger partial charge on any atom is 0.229 e. The van der Waals surface area contributed by atoms with Gasteiger partial charge in [0, 0.05) is 17.0 Å². The number of hydrogen-bond donors (Lipinski definition) is 1. The Morgan fingerprint density at radius 3 is 2.61 bits per heavy atom. The predicted octanol–water partition coefficient (Wildman–Crippen LogP) is 3.35. The molecule has 1 aliphatic heterocycles. The lowest BCUT2D eigenvalue weighted by Gasteiger charge is -2.31. The van der Waals surface area contributed by atoms with Gasteiger partial charge in [-0.3, -0.25) is 14.3 Å². The van der Waals surface area contributed by atoms with E-state index in [9.17, 15) is 4.79 Å². The van der Waals surface area contributed by atoms with Crippen LogP contribution in [0.2, 0.25) is 0 Å². The summed E-state index contributed by atoms with van der Waals surface area (Å²) in [5, 5.41) is 6.79. The fourth-order valence-corrected chi connectivity index (χ4v) is 4.26. The zero-order chi connectivity index (χ0) is 19.5. The van der Waals surface area contributed by atoms with E-state index in [1.54, 1.807) is 0 Å². The number of carbonyl (C=O) groups excluding carboxylic acids is 1. The summed E-state index contributed by atoms with van der Waals surface area (Å²) >= 11 is 0. The summed E-state index contributed by atoms with van der Waals surface area (Å²) in [6, 6.07) is 12.7. The number of aromatic nitrogens is 4. The zero-order valence-electron chi connectivity index (χ0n) is 16.6. The van der Waals surface area contributed by atoms with Gasteiger partial charge in [-0.25, -0.2) is 5.10 Å². The van der Waals surface area contributed by atoms with Crippen LogP contribution in [0.3, 0.4) is 0 Å². The average molecular weight is 377 g/mol. The van der Waals surface area contributed by atoms with Crippen LogP contribution in [0.25, 0.3) is 5.95 Å². The Morgan fingerprint density at radius 1 is 1.18 bits per heavy atom. The number of likely N-dealkylation sites (tertiary alicyclic amines) is 1. The van der Waals surface area contributed by atoms with Gasteiger partial charge >= 0.3 is 0 Å². The molecule has 6 nitrogen and oxygen atoms in total. The highest BCUT2D eigenvalue weighted by molar-refractivity contribution is 5.99. The Hall–Kier alpha value is -2.73. The maximum atomic E-state index is 12.9. The summed E-state index contributed by atoms with van der Waals surface area (Å²) in [5.41, 5.74) is 4.09. The minimum Gasteiger partial charge on any atom is -0.296 e. The van der Waals surface area contributed by atoms with Gasteiger partial charge in [-0.15, -0.1) is 0 Å². The quantitative estimate of drug-likeness (QED) is 0.669. The number of Topliss-reactive ketones (excluding diaryl/α,β-unsaturated/α-hetero) is 1. The van der Waals surface area contributed by atoms with Crippen molar-refractivity contribution in [3.05, 3.63) is 65.2 Å². The third-order valence-electron chi connectivity index (χ3n) is 5.79. The van der Waals surface area contributed by atoms with Crippen LogP contribution in [0.1, 0.15) is 40.2 Å². The van der Waals surface area contributed by atoms with E-state index in [-0.39, 0.29) is 5.78 Å². The van der Waals surface area contributed by atoms with Crippen molar-refractivity contribution in [2.75, 3.05) is 19.6 Å². The topological polar surface area (TPSA) is 66.8 Å². The third kappa shape index (κ3) is 3.92. The van der Waals surface area contributed by atoms with E-state index in [0.717, 1.165) is 49.3 Å². The summed E-state index contributed by atoms with van der Waals surface area (Å²) in [5.74, 6) is 1.54. The molecule has 0 unspecified atom stereocenters. The van der Waals surface area contributed by atoms with Crippen molar-refractivity contribution < 1.29 is 4.79 Å². The number of rotatable bonds is 6. The van der Waals surface area contributed by atoms with Crippen molar-refractivity contribution in [2.24, 2.45) is 5.92 Å². The van der Waals surface area contributed by atoms with Crippen LogP contribution in [-0.4, -0.2) is 50.1 Å². The molecule has 1 fully saturated rings. The molecule has 0 amide bonds. The van der Waals surface area contributed by atoms with E-state index in [1.807, 2.05) is 24.5 Å². The third-order valence-corrected chi connectivity index (χ3v) is 5.79. The van der Waals surface area contributed by atoms with Crippen molar-refractivity contribution in [3.63, 3.8) is 0 Å². The van der Waals surface area contributed by atoms with E-state index in [4.69, 9.17) is 0 Å². The van der Waals surface area contributed by atoms with Crippen LogP contribution >= 0.6 is 0 Å². The molecule has 6 heteroatoms. The monoisotopic (exact) mass is 377 g/mol. The number of H-pyrrole nitrogens is 1. The fourth-order valence-electron chi connectivity index (χ4n) is 4.26. The molecular formula is C22H27N5O. The lowest BCUT2D eigenvalue weighted by molar-refractivity contribution is 0.0895. The minimum absolute atomic E-state index is 0.181. The van der Waals surface area contributed by atoms with Crippen LogP contribution in [-0.2, 0) is 6.42 Å². The van der Waals surface area contributed by atoms with Gasteiger partial charge in [0.1, 0.15) is 6.33 Å². The molecule has 4 rings (SSSR count). The van der Waals surface area contributed by atoms with Crippen molar-refractivity contribution >= 4 is 5.78 Å².